The normalized spacial score (nSPS) is 10.1. The molecule has 0 fully saturated rings. The summed E-state index contributed by atoms with van der Waals surface area (Å²) in [6.45, 7) is 0.368. The molecule has 1 aromatic carbocycles. The van der Waals surface area contributed by atoms with Crippen molar-refractivity contribution in [2.75, 3.05) is 7.05 Å². The molecule has 20 heavy (non-hydrogen) atoms. The number of hydrogen-bond acceptors (Lipinski definition) is 5. The Labute approximate surface area is 115 Å². The standard InChI is InChI=1S/C13H14N4O3/c1-14-11(18)7-10-16-13(20-17-10)12(19)15-8-9-5-3-2-4-6-9/h2-6H,7-8H2,1H3,(H,14,18)(H,15,19). The van der Waals surface area contributed by atoms with Crippen LogP contribution in [0.4, 0.5) is 0 Å². The van der Waals surface area contributed by atoms with Gasteiger partial charge in [0, 0.05) is 13.6 Å². The number of likely N-dealkylation sites (N-methyl/N-ethyl adjacent to an activating group) is 1. The van der Waals surface area contributed by atoms with Crippen LogP contribution in [0.25, 0.3) is 0 Å². The molecule has 2 aromatic rings. The molecule has 0 spiro atoms. The third-order valence-corrected chi connectivity index (χ3v) is 2.56. The van der Waals surface area contributed by atoms with Gasteiger partial charge in [0.1, 0.15) is 0 Å². The van der Waals surface area contributed by atoms with E-state index in [0.717, 1.165) is 5.56 Å². The van der Waals surface area contributed by atoms with E-state index in [4.69, 9.17) is 4.52 Å². The summed E-state index contributed by atoms with van der Waals surface area (Å²) in [6, 6.07) is 9.45. The highest BCUT2D eigenvalue weighted by Gasteiger charge is 2.16. The molecule has 2 rings (SSSR count). The maximum atomic E-state index is 11.8. The number of hydrogen-bond donors (Lipinski definition) is 2. The Balaban J connectivity index is 1.91. The van der Waals surface area contributed by atoms with Crippen molar-refractivity contribution < 1.29 is 14.1 Å². The first-order chi connectivity index (χ1) is 9.69. The van der Waals surface area contributed by atoms with Crippen molar-refractivity contribution in [3.63, 3.8) is 0 Å². The van der Waals surface area contributed by atoms with Gasteiger partial charge in [0.25, 0.3) is 0 Å². The van der Waals surface area contributed by atoms with Crippen LogP contribution < -0.4 is 10.6 Å². The number of nitrogens with one attached hydrogen (secondary N) is 2. The van der Waals surface area contributed by atoms with Gasteiger partial charge in [0.2, 0.25) is 5.91 Å². The van der Waals surface area contributed by atoms with Crippen molar-refractivity contribution in [2.24, 2.45) is 0 Å². The molecule has 0 radical (unpaired) electrons. The summed E-state index contributed by atoms with van der Waals surface area (Å²) in [4.78, 5) is 26.8. The maximum absolute atomic E-state index is 11.8. The van der Waals surface area contributed by atoms with Gasteiger partial charge in [-0.15, -0.1) is 0 Å². The summed E-state index contributed by atoms with van der Waals surface area (Å²) in [5, 5.41) is 8.67. The fourth-order valence-electron chi connectivity index (χ4n) is 1.50. The highest BCUT2D eigenvalue weighted by atomic mass is 16.5. The van der Waals surface area contributed by atoms with Crippen molar-refractivity contribution in [1.29, 1.82) is 0 Å². The number of nitrogens with zero attached hydrogens (tertiary/aromatic N) is 2. The number of aromatic nitrogens is 2. The predicted octanol–water partition coefficient (Wildman–Crippen LogP) is 0.288. The third-order valence-electron chi connectivity index (χ3n) is 2.56. The summed E-state index contributed by atoms with van der Waals surface area (Å²) in [5.41, 5.74) is 0.964. The van der Waals surface area contributed by atoms with E-state index in [-0.39, 0.29) is 24.0 Å². The predicted molar refractivity (Wildman–Crippen MR) is 69.7 cm³/mol. The average molecular weight is 274 g/mol. The van der Waals surface area contributed by atoms with Crippen LogP contribution in [0.3, 0.4) is 0 Å². The summed E-state index contributed by atoms with van der Waals surface area (Å²) in [5.74, 6) is -0.694. The molecule has 2 amide bonds. The zero-order valence-electron chi connectivity index (χ0n) is 10.9. The molecule has 0 unspecified atom stereocenters. The second kappa shape index (κ2) is 6.46. The minimum Gasteiger partial charge on any atom is -0.359 e. The van der Waals surface area contributed by atoms with Crippen LogP contribution in [0.15, 0.2) is 34.9 Å². The molecule has 0 atom stereocenters. The molecule has 0 aliphatic carbocycles. The van der Waals surface area contributed by atoms with Crippen molar-refractivity contribution in [3.8, 4) is 0 Å². The SMILES string of the molecule is CNC(=O)Cc1noc(C(=O)NCc2ccccc2)n1. The molecular weight excluding hydrogens is 260 g/mol. The maximum Gasteiger partial charge on any atom is 0.315 e. The molecule has 0 bridgehead atoms. The molecule has 2 N–H and O–H groups in total. The van der Waals surface area contributed by atoms with Gasteiger partial charge in [-0.25, -0.2) is 0 Å². The van der Waals surface area contributed by atoms with Gasteiger partial charge in [-0.1, -0.05) is 35.5 Å². The van der Waals surface area contributed by atoms with Crippen LogP contribution in [-0.2, 0) is 17.8 Å². The van der Waals surface area contributed by atoms with Crippen LogP contribution >= 0.6 is 0 Å². The number of benzene rings is 1. The zero-order valence-corrected chi connectivity index (χ0v) is 10.9. The van der Waals surface area contributed by atoms with E-state index in [9.17, 15) is 9.59 Å². The Kier molecular flexibility index (Phi) is 4.43. The van der Waals surface area contributed by atoms with Crippen LogP contribution in [-0.4, -0.2) is 29.0 Å². The van der Waals surface area contributed by atoms with E-state index in [2.05, 4.69) is 20.8 Å². The molecule has 0 aliphatic rings. The highest BCUT2D eigenvalue weighted by molar-refractivity contribution is 5.89. The van der Waals surface area contributed by atoms with Crippen molar-refractivity contribution in [1.82, 2.24) is 20.8 Å². The Bertz CT molecular complexity index is 595. The van der Waals surface area contributed by atoms with E-state index in [1.54, 1.807) is 0 Å². The third kappa shape index (κ3) is 3.64. The fraction of sp³-hybridized carbons (Fsp3) is 0.231. The van der Waals surface area contributed by atoms with Crippen LogP contribution in [0.1, 0.15) is 22.1 Å². The monoisotopic (exact) mass is 274 g/mol. The van der Waals surface area contributed by atoms with E-state index in [1.807, 2.05) is 30.3 Å². The molecule has 1 heterocycles. The smallest absolute Gasteiger partial charge is 0.315 e. The van der Waals surface area contributed by atoms with Gasteiger partial charge in [0.15, 0.2) is 5.82 Å². The van der Waals surface area contributed by atoms with Gasteiger partial charge in [0.05, 0.1) is 6.42 Å². The summed E-state index contributed by atoms with van der Waals surface area (Å²) in [7, 11) is 1.51. The topological polar surface area (TPSA) is 97.1 Å². The Morgan fingerprint density at radius 2 is 2.00 bits per heavy atom. The molecule has 7 nitrogen and oxygen atoms in total. The van der Waals surface area contributed by atoms with Gasteiger partial charge < -0.3 is 15.2 Å². The quantitative estimate of drug-likeness (QED) is 0.816. The molecular formula is C13H14N4O3. The molecule has 0 saturated heterocycles. The van der Waals surface area contributed by atoms with Crippen molar-refractivity contribution >= 4 is 11.8 Å². The highest BCUT2D eigenvalue weighted by Crippen LogP contribution is 2.01. The van der Waals surface area contributed by atoms with E-state index >= 15 is 0 Å². The first-order valence-corrected chi connectivity index (χ1v) is 6.04. The summed E-state index contributed by atoms with van der Waals surface area (Å²) < 4.78 is 4.81. The van der Waals surface area contributed by atoms with Crippen molar-refractivity contribution in [2.45, 2.75) is 13.0 Å². The van der Waals surface area contributed by atoms with E-state index < -0.39 is 5.91 Å². The molecule has 1 aromatic heterocycles. The van der Waals surface area contributed by atoms with Crippen LogP contribution in [0.2, 0.25) is 0 Å². The fourth-order valence-corrected chi connectivity index (χ4v) is 1.50. The van der Waals surface area contributed by atoms with Crippen LogP contribution in [0.5, 0.6) is 0 Å². The Morgan fingerprint density at radius 3 is 2.70 bits per heavy atom. The van der Waals surface area contributed by atoms with Gasteiger partial charge >= 0.3 is 11.8 Å². The molecule has 104 valence electrons. The van der Waals surface area contributed by atoms with Gasteiger partial charge in [-0.3, -0.25) is 9.59 Å². The van der Waals surface area contributed by atoms with E-state index in [1.165, 1.54) is 7.05 Å². The lowest BCUT2D eigenvalue weighted by molar-refractivity contribution is -0.120. The summed E-state index contributed by atoms with van der Waals surface area (Å²) >= 11 is 0. The first-order valence-electron chi connectivity index (χ1n) is 6.04. The minimum atomic E-state index is -0.468. The van der Waals surface area contributed by atoms with Gasteiger partial charge in [-0.05, 0) is 5.56 Å². The molecule has 7 heteroatoms. The molecule has 0 aliphatic heterocycles. The Hall–Kier alpha value is -2.70. The number of carbonyl (C=O) groups is 2. The number of rotatable bonds is 5. The number of carbonyl (C=O) groups excluding carboxylic acids is 2. The minimum absolute atomic E-state index is 0.0219. The second-order valence-corrected chi connectivity index (χ2v) is 4.03. The van der Waals surface area contributed by atoms with Crippen molar-refractivity contribution in [3.05, 3.63) is 47.6 Å². The van der Waals surface area contributed by atoms with Crippen LogP contribution in [0, 0.1) is 0 Å². The lowest BCUT2D eigenvalue weighted by atomic mass is 10.2. The first kappa shape index (κ1) is 13.7. The largest absolute Gasteiger partial charge is 0.359 e. The number of amides is 2. The lowest BCUT2D eigenvalue weighted by Crippen LogP contribution is -2.23. The van der Waals surface area contributed by atoms with Gasteiger partial charge in [-0.2, -0.15) is 4.98 Å². The second-order valence-electron chi connectivity index (χ2n) is 4.03. The Morgan fingerprint density at radius 1 is 1.25 bits per heavy atom. The average Bonchev–Trinajstić information content (AvgIpc) is 2.94. The summed E-state index contributed by atoms with van der Waals surface area (Å²) in [6.07, 6.45) is -0.0219. The lowest BCUT2D eigenvalue weighted by Gasteiger charge is -2.01. The van der Waals surface area contributed by atoms with E-state index in [0.29, 0.717) is 6.54 Å². The molecule has 0 saturated carbocycles. The zero-order chi connectivity index (χ0) is 14.4.